The zero-order valence-corrected chi connectivity index (χ0v) is 10.2. The highest BCUT2D eigenvalue weighted by Gasteiger charge is 2.29. The molecule has 14 heavy (non-hydrogen) atoms. The zero-order valence-electron chi connectivity index (χ0n) is 9.25. The van der Waals surface area contributed by atoms with Gasteiger partial charge in [0.05, 0.1) is 0 Å². The Morgan fingerprint density at radius 3 is 1.36 bits per heavy atom. The molecular formula is C8H17O5Si. The predicted octanol–water partition coefficient (Wildman–Crippen LogP) is 1.01. The lowest BCUT2D eigenvalue weighted by atomic mass is 10.4. The highest BCUT2D eigenvalue weighted by molar-refractivity contribution is 6.58. The van der Waals surface area contributed by atoms with E-state index in [1.54, 1.807) is 21.3 Å². The zero-order chi connectivity index (χ0) is 11.8. The molecule has 0 aliphatic carbocycles. The van der Waals surface area contributed by atoms with Crippen molar-refractivity contribution in [1.82, 2.24) is 0 Å². The molecule has 0 aromatic rings. The average molecular weight is 221 g/mol. The Hall–Kier alpha value is -0.693. The van der Waals surface area contributed by atoms with Crippen LogP contribution in [-0.2, 0) is 23.2 Å². The molecule has 0 saturated heterocycles. The minimum absolute atomic E-state index is 0.0648. The van der Waals surface area contributed by atoms with Crippen LogP contribution in [0.3, 0.4) is 0 Å². The van der Waals surface area contributed by atoms with Gasteiger partial charge < -0.3 is 13.3 Å². The Bertz CT molecular complexity index is 168. The molecule has 0 amide bonds. The molecule has 0 saturated carbocycles. The highest BCUT2D eigenvalue weighted by Crippen LogP contribution is 2.02. The molecule has 0 N–H and O–H groups in total. The Labute approximate surface area is 85.7 Å². The van der Waals surface area contributed by atoms with Crippen molar-refractivity contribution in [1.29, 1.82) is 0 Å². The van der Waals surface area contributed by atoms with Gasteiger partial charge in [-0.1, -0.05) is 6.58 Å². The van der Waals surface area contributed by atoms with Gasteiger partial charge in [-0.05, 0) is 6.92 Å². The standard InChI is InChI=1S/C4H12O3Si.C4H5O2/c1-5-8(4,6-2)7-3;1-3(2)4(5)6/h1-4H3;1H2,2H3. The van der Waals surface area contributed by atoms with Gasteiger partial charge in [0.15, 0.2) is 0 Å². The van der Waals surface area contributed by atoms with E-state index in [1.165, 1.54) is 6.92 Å². The van der Waals surface area contributed by atoms with E-state index in [4.69, 9.17) is 13.3 Å². The average Bonchev–Trinajstić information content (AvgIpc) is 2.17. The van der Waals surface area contributed by atoms with Crippen molar-refractivity contribution >= 4 is 14.8 Å². The molecule has 0 bridgehead atoms. The van der Waals surface area contributed by atoms with Gasteiger partial charge >= 0.3 is 14.8 Å². The molecule has 0 unspecified atom stereocenters. The molecule has 1 radical (unpaired) electrons. The van der Waals surface area contributed by atoms with Gasteiger partial charge in [0, 0.05) is 33.4 Å². The second kappa shape index (κ2) is 7.69. The predicted molar refractivity (Wildman–Crippen MR) is 53.2 cm³/mol. The molecule has 0 spiro atoms. The first-order valence-corrected chi connectivity index (χ1v) is 6.07. The van der Waals surface area contributed by atoms with E-state index in [1.807, 2.05) is 6.55 Å². The van der Waals surface area contributed by atoms with Crippen LogP contribution in [0.25, 0.3) is 0 Å². The van der Waals surface area contributed by atoms with Crippen LogP contribution in [0.2, 0.25) is 6.55 Å². The molecule has 6 heteroatoms. The summed E-state index contributed by atoms with van der Waals surface area (Å²) >= 11 is 0. The molecule has 83 valence electrons. The maximum absolute atomic E-state index is 9.49. The highest BCUT2D eigenvalue weighted by atomic mass is 28.4. The van der Waals surface area contributed by atoms with E-state index < -0.39 is 14.8 Å². The summed E-state index contributed by atoms with van der Waals surface area (Å²) in [4.78, 5) is 9.49. The number of carbonyl (C=O) groups is 1. The van der Waals surface area contributed by atoms with Crippen molar-refractivity contribution in [2.75, 3.05) is 21.3 Å². The molecule has 5 nitrogen and oxygen atoms in total. The topological polar surface area (TPSA) is 64.7 Å². The molecular weight excluding hydrogens is 204 g/mol. The van der Waals surface area contributed by atoms with Crippen LogP contribution in [-0.4, -0.2) is 36.1 Å². The van der Waals surface area contributed by atoms with Crippen LogP contribution in [0.4, 0.5) is 0 Å². The maximum Gasteiger partial charge on any atom is 0.496 e. The monoisotopic (exact) mass is 221 g/mol. The number of hydrogen-bond donors (Lipinski definition) is 0. The fourth-order valence-electron chi connectivity index (χ4n) is 0.250. The van der Waals surface area contributed by atoms with Gasteiger partial charge in [0.25, 0.3) is 0 Å². The number of carbonyl (C=O) groups excluding carboxylic acids is 1. The van der Waals surface area contributed by atoms with Gasteiger partial charge in [-0.3, -0.25) is 0 Å². The summed E-state index contributed by atoms with van der Waals surface area (Å²) in [5.74, 6) is -1.19. The molecule has 0 aliphatic rings. The van der Waals surface area contributed by atoms with Crippen molar-refractivity contribution in [2.45, 2.75) is 13.5 Å². The smallest absolute Gasteiger partial charge is 0.377 e. The largest absolute Gasteiger partial charge is 0.496 e. The van der Waals surface area contributed by atoms with Crippen molar-refractivity contribution in [3.63, 3.8) is 0 Å². The van der Waals surface area contributed by atoms with E-state index in [-0.39, 0.29) is 5.57 Å². The summed E-state index contributed by atoms with van der Waals surface area (Å²) in [7, 11) is 2.58. The third kappa shape index (κ3) is 7.93. The lowest BCUT2D eigenvalue weighted by Crippen LogP contribution is -2.38. The van der Waals surface area contributed by atoms with Gasteiger partial charge in [-0.2, -0.15) is 0 Å². The summed E-state index contributed by atoms with van der Waals surface area (Å²) in [6.07, 6.45) is 0. The first-order valence-electron chi connectivity index (χ1n) is 3.85. The van der Waals surface area contributed by atoms with Crippen molar-refractivity contribution in [2.24, 2.45) is 0 Å². The number of hydrogen-bond acceptors (Lipinski definition) is 4. The molecule has 0 aliphatic heterocycles. The lowest BCUT2D eigenvalue weighted by Gasteiger charge is -2.18. The molecule has 0 atom stereocenters. The first kappa shape index (κ1) is 15.8. The molecule has 0 fully saturated rings. The fourth-order valence-corrected chi connectivity index (χ4v) is 0.750. The molecule has 0 heterocycles. The second-order valence-corrected chi connectivity index (χ2v) is 5.49. The van der Waals surface area contributed by atoms with E-state index >= 15 is 0 Å². The van der Waals surface area contributed by atoms with Crippen molar-refractivity contribution < 1.29 is 23.2 Å². The van der Waals surface area contributed by atoms with Crippen molar-refractivity contribution in [3.8, 4) is 0 Å². The van der Waals surface area contributed by atoms with E-state index in [9.17, 15) is 9.90 Å². The molecule has 0 aromatic carbocycles. The van der Waals surface area contributed by atoms with E-state index in [2.05, 4.69) is 6.58 Å². The third-order valence-corrected chi connectivity index (χ3v) is 3.69. The SMILES string of the molecule is C=C(C)C([O])=O.CO[Si](C)(OC)OC. The summed E-state index contributed by atoms with van der Waals surface area (Å²) in [5, 5.41) is 9.49. The lowest BCUT2D eigenvalue weighted by molar-refractivity contribution is -0.138. The van der Waals surface area contributed by atoms with E-state index in [0.29, 0.717) is 0 Å². The Morgan fingerprint density at radius 1 is 1.14 bits per heavy atom. The Balaban J connectivity index is 0. The quantitative estimate of drug-likeness (QED) is 0.525. The normalized spacial score (nSPS) is 10.1. The van der Waals surface area contributed by atoms with Gasteiger partial charge in [0.2, 0.25) is 0 Å². The van der Waals surface area contributed by atoms with Crippen LogP contribution in [0.1, 0.15) is 6.92 Å². The minimum atomic E-state index is -2.17. The van der Waals surface area contributed by atoms with Gasteiger partial charge in [-0.25, -0.2) is 9.90 Å². The number of rotatable bonds is 4. The van der Waals surface area contributed by atoms with E-state index in [0.717, 1.165) is 0 Å². The van der Waals surface area contributed by atoms with Crippen LogP contribution >= 0.6 is 0 Å². The fraction of sp³-hybridized carbons (Fsp3) is 0.625. The Morgan fingerprint density at radius 2 is 1.36 bits per heavy atom. The first-order chi connectivity index (χ1) is 6.32. The summed E-state index contributed by atoms with van der Waals surface area (Å²) in [6.45, 7) is 6.30. The second-order valence-electron chi connectivity index (χ2n) is 2.54. The van der Waals surface area contributed by atoms with Crippen LogP contribution in [0.5, 0.6) is 0 Å². The van der Waals surface area contributed by atoms with Crippen molar-refractivity contribution in [3.05, 3.63) is 12.2 Å². The summed E-state index contributed by atoms with van der Waals surface area (Å²) in [6, 6.07) is 0. The minimum Gasteiger partial charge on any atom is -0.377 e. The van der Waals surface area contributed by atoms with Gasteiger partial charge in [-0.15, -0.1) is 0 Å². The Kier molecular flexibility index (Phi) is 8.66. The maximum atomic E-state index is 9.49. The molecule has 0 aromatic heterocycles. The summed E-state index contributed by atoms with van der Waals surface area (Å²) < 4.78 is 14.8. The van der Waals surface area contributed by atoms with Crippen LogP contribution < -0.4 is 0 Å². The van der Waals surface area contributed by atoms with Gasteiger partial charge in [0.1, 0.15) is 0 Å². The summed E-state index contributed by atoms with van der Waals surface area (Å²) in [5.41, 5.74) is 0.0648. The van der Waals surface area contributed by atoms with Crippen LogP contribution in [0, 0.1) is 0 Å². The van der Waals surface area contributed by atoms with Crippen LogP contribution in [0.15, 0.2) is 12.2 Å². The third-order valence-electron chi connectivity index (χ3n) is 1.46. The molecule has 0 rings (SSSR count).